The molecule has 0 bridgehead atoms. The summed E-state index contributed by atoms with van der Waals surface area (Å²) >= 11 is 0. The summed E-state index contributed by atoms with van der Waals surface area (Å²) < 4.78 is 30.2. The largest absolute Gasteiger partial charge is 0.490 e. The summed E-state index contributed by atoms with van der Waals surface area (Å²) in [4.78, 5) is 12.3. The normalized spacial score (nSPS) is 11.3. The van der Waals surface area contributed by atoms with E-state index < -0.39 is 15.7 Å². The van der Waals surface area contributed by atoms with Crippen LogP contribution >= 0.6 is 0 Å². The van der Waals surface area contributed by atoms with Gasteiger partial charge in [-0.2, -0.15) is 13.7 Å². The molecular weight excluding hydrogens is 368 g/mol. The molecule has 0 aliphatic heterocycles. The lowest BCUT2D eigenvalue weighted by molar-refractivity contribution is 0.0880. The number of nitrogens with one attached hydrogen (secondary N) is 2. The number of carbonyl (C=O) groups excluding carboxylic acids is 1. The first-order chi connectivity index (χ1) is 12.6. The summed E-state index contributed by atoms with van der Waals surface area (Å²) in [6.07, 6.45) is 0. The Morgan fingerprint density at radius 2 is 1.85 bits per heavy atom. The Hall–Kier alpha value is -3.09. The van der Waals surface area contributed by atoms with Crippen molar-refractivity contribution >= 4 is 21.8 Å². The quantitative estimate of drug-likeness (QED) is 0.664. The zero-order chi connectivity index (χ0) is 20.1. The molecule has 8 nitrogen and oxygen atoms in total. The predicted molar refractivity (Wildman–Crippen MR) is 101 cm³/mol. The summed E-state index contributed by atoms with van der Waals surface area (Å²) in [5.41, 5.74) is -0.216. The maximum absolute atomic E-state index is 12.3. The highest BCUT2D eigenvalue weighted by molar-refractivity contribution is 7.90. The minimum absolute atomic E-state index is 0.00305. The minimum atomic E-state index is -4.03. The van der Waals surface area contributed by atoms with Crippen molar-refractivity contribution in [3.63, 3.8) is 0 Å². The number of amides is 1. The van der Waals surface area contributed by atoms with Crippen molar-refractivity contribution < 1.29 is 17.9 Å². The molecule has 0 spiro atoms. The molecular formula is C18H20N4O4S. The molecule has 2 rings (SSSR count). The number of hydrogen-bond donors (Lipinski definition) is 3. The number of ether oxygens (including phenoxy) is 1. The van der Waals surface area contributed by atoms with Crippen LogP contribution in [0.1, 0.15) is 29.8 Å². The van der Waals surface area contributed by atoms with Crippen molar-refractivity contribution in [1.29, 1.82) is 5.26 Å². The molecule has 0 heterocycles. The molecule has 2 aromatic carbocycles. The summed E-state index contributed by atoms with van der Waals surface area (Å²) in [5, 5.41) is 17.2. The van der Waals surface area contributed by atoms with Crippen molar-refractivity contribution in [3.05, 3.63) is 59.7 Å². The zero-order valence-corrected chi connectivity index (χ0v) is 15.7. The van der Waals surface area contributed by atoms with Gasteiger partial charge in [0, 0.05) is 5.56 Å². The van der Waals surface area contributed by atoms with Gasteiger partial charge >= 0.3 is 0 Å². The number of nitrogens with zero attached hydrogens (tertiary/aromatic N) is 1. The lowest BCUT2D eigenvalue weighted by Crippen LogP contribution is -2.47. The van der Waals surface area contributed by atoms with Gasteiger partial charge in [0.05, 0.1) is 11.2 Å². The number of rotatable bonds is 7. The lowest BCUT2D eigenvalue weighted by Gasteiger charge is -2.26. The number of nitriles is 1. The average Bonchev–Trinajstić information content (AvgIpc) is 2.59. The molecule has 0 atom stereocenters. The third-order valence-electron chi connectivity index (χ3n) is 3.47. The molecule has 1 amide bonds. The summed E-state index contributed by atoms with van der Waals surface area (Å²) in [7, 11) is -4.03. The van der Waals surface area contributed by atoms with Crippen LogP contribution < -0.4 is 19.9 Å². The first kappa shape index (κ1) is 20.2. The minimum Gasteiger partial charge on any atom is -0.490 e. The van der Waals surface area contributed by atoms with Crippen LogP contribution in [0.25, 0.3) is 0 Å². The van der Waals surface area contributed by atoms with Crippen molar-refractivity contribution in [1.82, 2.24) is 5.32 Å². The first-order valence-electron chi connectivity index (χ1n) is 7.95. The van der Waals surface area contributed by atoms with Gasteiger partial charge in [0.15, 0.2) is 0 Å². The molecule has 0 aliphatic carbocycles. The third-order valence-corrected chi connectivity index (χ3v) is 3.97. The van der Waals surface area contributed by atoms with Gasteiger partial charge < -0.3 is 10.1 Å². The van der Waals surface area contributed by atoms with E-state index in [9.17, 15) is 18.5 Å². The van der Waals surface area contributed by atoms with E-state index in [0.717, 1.165) is 0 Å². The van der Waals surface area contributed by atoms with E-state index in [1.807, 2.05) is 12.1 Å². The van der Waals surface area contributed by atoms with E-state index in [1.165, 1.54) is 18.2 Å². The Morgan fingerprint density at radius 1 is 1.19 bits per heavy atom. The SMILES string of the molecule is CC(C)(COc1cccc(NS(N)(=O)=O)c1C#N)NC(=O)c1ccccc1. The number of nitrogens with two attached hydrogens (primary N) is 1. The van der Waals surface area contributed by atoms with E-state index in [-0.39, 0.29) is 29.5 Å². The van der Waals surface area contributed by atoms with Crippen LogP contribution in [-0.4, -0.2) is 26.5 Å². The molecule has 27 heavy (non-hydrogen) atoms. The molecule has 2 aromatic rings. The van der Waals surface area contributed by atoms with Crippen molar-refractivity contribution in [2.45, 2.75) is 19.4 Å². The van der Waals surface area contributed by atoms with Crippen LogP contribution in [0.3, 0.4) is 0 Å². The van der Waals surface area contributed by atoms with E-state index in [2.05, 4.69) is 10.0 Å². The maximum Gasteiger partial charge on any atom is 0.296 e. The maximum atomic E-state index is 12.3. The van der Waals surface area contributed by atoms with Gasteiger partial charge in [0.25, 0.3) is 16.1 Å². The summed E-state index contributed by atoms with van der Waals surface area (Å²) in [5.74, 6) is -0.0810. The van der Waals surface area contributed by atoms with Crippen molar-refractivity contribution in [3.8, 4) is 11.8 Å². The molecule has 0 saturated heterocycles. The molecule has 0 aliphatic rings. The molecule has 0 fully saturated rings. The highest BCUT2D eigenvalue weighted by atomic mass is 32.2. The van der Waals surface area contributed by atoms with E-state index in [4.69, 9.17) is 9.88 Å². The van der Waals surface area contributed by atoms with Gasteiger partial charge in [-0.3, -0.25) is 9.52 Å². The third kappa shape index (κ3) is 5.99. The van der Waals surface area contributed by atoms with Gasteiger partial charge in [-0.05, 0) is 38.1 Å². The summed E-state index contributed by atoms with van der Waals surface area (Å²) in [6, 6.07) is 15.1. The van der Waals surface area contributed by atoms with Crippen molar-refractivity contribution in [2.24, 2.45) is 5.14 Å². The van der Waals surface area contributed by atoms with Gasteiger partial charge in [0.1, 0.15) is 24.0 Å². The smallest absolute Gasteiger partial charge is 0.296 e. The first-order valence-corrected chi connectivity index (χ1v) is 9.50. The number of carbonyl (C=O) groups is 1. The second-order valence-corrected chi connectivity index (χ2v) is 7.72. The Morgan fingerprint density at radius 3 is 2.44 bits per heavy atom. The highest BCUT2D eigenvalue weighted by Crippen LogP contribution is 2.27. The van der Waals surface area contributed by atoms with Crippen LogP contribution in [0.15, 0.2) is 48.5 Å². The topological polar surface area (TPSA) is 134 Å². The highest BCUT2D eigenvalue weighted by Gasteiger charge is 2.23. The Balaban J connectivity index is 2.12. The van der Waals surface area contributed by atoms with E-state index in [0.29, 0.717) is 5.56 Å². The zero-order valence-electron chi connectivity index (χ0n) is 14.9. The van der Waals surface area contributed by atoms with E-state index >= 15 is 0 Å². The number of benzene rings is 2. The van der Waals surface area contributed by atoms with E-state index in [1.54, 1.807) is 38.1 Å². The Bertz CT molecular complexity index is 967. The monoisotopic (exact) mass is 388 g/mol. The van der Waals surface area contributed by atoms with Crippen molar-refractivity contribution in [2.75, 3.05) is 11.3 Å². The molecule has 0 radical (unpaired) electrons. The van der Waals surface area contributed by atoms with Crippen LogP contribution in [0.4, 0.5) is 5.69 Å². The average molecular weight is 388 g/mol. The Kier molecular flexibility index (Phi) is 6.05. The van der Waals surface area contributed by atoms with Crippen LogP contribution in [-0.2, 0) is 10.2 Å². The molecule has 0 aromatic heterocycles. The molecule has 0 unspecified atom stereocenters. The van der Waals surface area contributed by atoms with Crippen LogP contribution in [0.2, 0.25) is 0 Å². The van der Waals surface area contributed by atoms with Gasteiger partial charge in [-0.15, -0.1) is 0 Å². The molecule has 4 N–H and O–H groups in total. The van der Waals surface area contributed by atoms with Gasteiger partial charge in [0.2, 0.25) is 0 Å². The fourth-order valence-electron chi connectivity index (χ4n) is 2.27. The molecule has 9 heteroatoms. The van der Waals surface area contributed by atoms with Crippen LogP contribution in [0.5, 0.6) is 5.75 Å². The second-order valence-electron chi connectivity index (χ2n) is 6.43. The lowest BCUT2D eigenvalue weighted by atomic mass is 10.1. The second kappa shape index (κ2) is 8.07. The van der Waals surface area contributed by atoms with Gasteiger partial charge in [-0.1, -0.05) is 24.3 Å². The fraction of sp³-hybridized carbons (Fsp3) is 0.222. The molecule has 0 saturated carbocycles. The predicted octanol–water partition coefficient (Wildman–Crippen LogP) is 1.76. The van der Waals surface area contributed by atoms with Gasteiger partial charge in [-0.25, -0.2) is 5.14 Å². The number of anilines is 1. The van der Waals surface area contributed by atoms with Crippen LogP contribution in [0, 0.1) is 11.3 Å². The molecule has 142 valence electrons. The fourth-order valence-corrected chi connectivity index (χ4v) is 2.74. The summed E-state index contributed by atoms with van der Waals surface area (Å²) in [6.45, 7) is 3.59. The Labute approximate surface area is 158 Å². The number of hydrogen-bond acceptors (Lipinski definition) is 5. The standard InChI is InChI=1S/C18H20N4O4S/c1-18(2,21-17(23)13-7-4-3-5-8-13)12-26-16-10-6-9-15(14(16)11-19)22-27(20,24)25/h3-10,22H,12H2,1-2H3,(H,21,23)(H2,20,24,25).